The third kappa shape index (κ3) is 18.7. The molecule has 0 radical (unpaired) electrons. The molecule has 10 saturated heterocycles. The van der Waals surface area contributed by atoms with Crippen LogP contribution >= 0.6 is 0 Å². The quantitative estimate of drug-likeness (QED) is 0.0479. The predicted octanol–water partition coefficient (Wildman–Crippen LogP) is -14.3. The number of ether oxygens (including phenoxy) is 19. The van der Waals surface area contributed by atoms with Gasteiger partial charge >= 0.3 is 0 Å². The second-order valence-corrected chi connectivity index (χ2v) is 29.3. The van der Waals surface area contributed by atoms with Gasteiger partial charge in [-0.3, -0.25) is 9.59 Å². The average molecular weight is 1590 g/mol. The maximum Gasteiger partial charge on any atom is 0.217 e. The largest absolute Gasteiger partial charge is 0.394 e. The Labute approximate surface area is 622 Å². The Bertz CT molecular complexity index is 2900. The molecule has 2 amide bonds. The molecule has 10 rings (SSSR count). The Morgan fingerprint density at radius 1 is 0.239 bits per heavy atom. The average Bonchev–Trinajstić information content (AvgIpc) is 0.771. The molecule has 0 bridgehead atoms. The molecule has 632 valence electrons. The van der Waals surface area contributed by atoms with Crippen LogP contribution in [0.15, 0.2) is 0 Å². The second kappa shape index (κ2) is 36.9. The van der Waals surface area contributed by atoms with Crippen molar-refractivity contribution in [2.45, 2.75) is 376 Å². The van der Waals surface area contributed by atoms with E-state index in [0.29, 0.717) is 0 Å². The first-order valence-electron chi connectivity index (χ1n) is 36.0. The van der Waals surface area contributed by atoms with E-state index in [1.165, 1.54) is 55.4 Å². The number of rotatable bonds is 22. The molecule has 10 aliphatic rings. The van der Waals surface area contributed by atoms with Crippen LogP contribution in [-0.2, 0) is 99.6 Å². The molecule has 0 aliphatic carbocycles. The van der Waals surface area contributed by atoms with E-state index in [1.54, 1.807) is 0 Å². The van der Waals surface area contributed by atoms with Gasteiger partial charge in [0.1, 0.15) is 195 Å². The Balaban J connectivity index is 0.882. The molecule has 10 aliphatic heterocycles. The smallest absolute Gasteiger partial charge is 0.217 e. The summed E-state index contributed by atoms with van der Waals surface area (Å²) in [6.07, 6.45) is -87.7. The minimum Gasteiger partial charge on any atom is -0.394 e. The summed E-state index contributed by atoms with van der Waals surface area (Å²) in [4.78, 5) is 26.3. The highest BCUT2D eigenvalue weighted by molar-refractivity contribution is 5.73. The number of carbonyl (C=O) groups excluding carboxylic acids is 2. The summed E-state index contributed by atoms with van der Waals surface area (Å²) in [5.74, 6) is -1.76. The molecule has 0 aromatic carbocycles. The van der Waals surface area contributed by atoms with Gasteiger partial charge in [0.05, 0.1) is 62.0 Å². The fourth-order valence-corrected chi connectivity index (χ4v) is 14.7. The highest BCUT2D eigenvalue weighted by Crippen LogP contribution is 2.41. The Morgan fingerprint density at radius 2 is 0.468 bits per heavy atom. The maximum absolute atomic E-state index is 13.2. The highest BCUT2D eigenvalue weighted by Gasteiger charge is 2.61. The van der Waals surface area contributed by atoms with Crippen LogP contribution in [0.2, 0.25) is 0 Å². The molecule has 0 saturated carbocycles. The molecule has 10 heterocycles. The van der Waals surface area contributed by atoms with Crippen LogP contribution in [0, 0.1) is 0 Å². The third-order valence-electron chi connectivity index (χ3n) is 21.4. The van der Waals surface area contributed by atoms with E-state index in [0.717, 1.165) is 13.8 Å². The van der Waals surface area contributed by atoms with Crippen molar-refractivity contribution in [1.82, 2.24) is 10.6 Å². The lowest BCUT2D eigenvalue weighted by atomic mass is 9.94. The first kappa shape index (κ1) is 88.7. The monoisotopic (exact) mass is 1590 g/mol. The van der Waals surface area contributed by atoms with Crippen molar-refractivity contribution in [1.29, 1.82) is 0 Å². The number of nitrogens with one attached hydrogen (secondary N) is 2. The van der Waals surface area contributed by atoms with Gasteiger partial charge in [-0.25, -0.2) is 0 Å². The number of aliphatic hydroxyl groups excluding tert-OH is 22. The molecule has 45 heteroatoms. The lowest BCUT2D eigenvalue weighted by Crippen LogP contribution is -2.70. The molecule has 0 spiro atoms. The minimum absolute atomic E-state index is 0.862. The maximum atomic E-state index is 13.2. The zero-order chi connectivity index (χ0) is 80.3. The van der Waals surface area contributed by atoms with Gasteiger partial charge in [0.15, 0.2) is 62.9 Å². The third-order valence-corrected chi connectivity index (χ3v) is 21.4. The normalized spacial score (nSPS) is 54.3. The summed E-state index contributed by atoms with van der Waals surface area (Å²) in [6, 6.07) is -3.65. The fourth-order valence-electron chi connectivity index (χ4n) is 14.7. The van der Waals surface area contributed by atoms with Crippen LogP contribution in [0.1, 0.15) is 69.2 Å². The lowest BCUT2D eigenvalue weighted by Gasteiger charge is -2.51. The number of amides is 2. The van der Waals surface area contributed by atoms with E-state index in [4.69, 9.17) is 90.0 Å². The molecule has 0 unspecified atom stereocenters. The second-order valence-electron chi connectivity index (χ2n) is 29.3. The van der Waals surface area contributed by atoms with Gasteiger partial charge in [-0.05, 0) is 55.4 Å². The van der Waals surface area contributed by atoms with Gasteiger partial charge in [-0.15, -0.1) is 0 Å². The van der Waals surface area contributed by atoms with Crippen molar-refractivity contribution < 1.29 is 212 Å². The van der Waals surface area contributed by atoms with Gasteiger partial charge in [0.2, 0.25) is 11.8 Å². The SMILES string of the molecule is CC(=O)N[C@H]1[C@H](O[C@H]2[C@H](O[C@@H]3[C@H](O)[C@@H](O)[C@H](C)O[C@H]3O)O[C@@H](C)[C@H](O)[C@H]2O)O[C@H](CO)[C@@H](O)[C@@H]1O[C@@H]1O[C@@H](C)[C@H](O)[C@@H](O[C@@H]2O[C@@H](C)[C@H](O)[C@@H](O)[C@H]2O[C@@H]2O[C@@H](C)[C@H](O)[C@@H](O)[C@H]2O[C@@H]2O[C@H](CO)[C@@H](O)[C@H](O[C@@H]3O[C@@H](C)[C@H](O)[C@@H](O[C@@H]4O[C@@H](C)[C@H](O)[C@@H](O)[C@H]4O[C@@H]4O[C@@H](C)[C@H](O)[C@@H](O)[C@H]4O)[C@H]3O)[C@H]2NC(C)=O)[C@H]1O. The van der Waals surface area contributed by atoms with Crippen LogP contribution in [0.4, 0.5) is 0 Å². The van der Waals surface area contributed by atoms with Crippen molar-refractivity contribution in [2.24, 2.45) is 0 Å². The molecule has 45 nitrogen and oxygen atoms in total. The van der Waals surface area contributed by atoms with Crippen LogP contribution < -0.4 is 10.6 Å². The van der Waals surface area contributed by atoms with Gasteiger partial charge in [-0.2, -0.15) is 0 Å². The molecule has 0 aromatic rings. The Hall–Kier alpha value is -2.70. The van der Waals surface area contributed by atoms with E-state index < -0.39 is 332 Å². The van der Waals surface area contributed by atoms with Gasteiger partial charge in [-0.1, -0.05) is 0 Å². The van der Waals surface area contributed by atoms with Crippen LogP contribution in [0.25, 0.3) is 0 Å². The van der Waals surface area contributed by atoms with Crippen LogP contribution in [-0.4, -0.2) is 444 Å². The Morgan fingerprint density at radius 3 is 0.780 bits per heavy atom. The van der Waals surface area contributed by atoms with E-state index >= 15 is 0 Å². The summed E-state index contributed by atoms with van der Waals surface area (Å²) in [7, 11) is 0. The van der Waals surface area contributed by atoms with Crippen molar-refractivity contribution in [3.63, 3.8) is 0 Å². The van der Waals surface area contributed by atoms with Crippen molar-refractivity contribution in [2.75, 3.05) is 13.2 Å². The molecule has 0 aromatic heterocycles. The molecule has 50 atom stereocenters. The molecule has 109 heavy (non-hydrogen) atoms. The predicted molar refractivity (Wildman–Crippen MR) is 342 cm³/mol. The molecular weight excluding hydrogens is 1480 g/mol. The number of hydrogen-bond acceptors (Lipinski definition) is 43. The summed E-state index contributed by atoms with van der Waals surface area (Å²) >= 11 is 0. The zero-order valence-electron chi connectivity index (χ0n) is 60.7. The standard InChI is InChI=1S/C64H108N2O43/c1-13-28(72)38(82)50(55(90)91-13)105-63-51(39(83)29(73)17(5)97-63)106-56-25(65-21(9)69)46(35(79)23(11-67)99-56)101-60-45(89)49(34(78)20(8)94-60)104-62-54(42(86)32(76)16(4)96-62)109-64-52(40(84)30(74)18(6)98-64)107-57-26(66-22(10)70)47(36(80)24(12-68)100-57)102-59-44(88)48(33(77)19(7)93-59)103-61-53(41(85)31(75)15(3)95-61)108-58-43(87)37(81)27(71)14(2)92-58/h13-20,23-64,67-68,71-90H,11-12H2,1-10H3,(H,65,69)(H,66,70)/t13-,14-,15-,16-,17-,18-,19-,20-,23+,24+,25+,26+,27-,28-,29-,30-,31-,32-,33-,34-,35+,36+,37+,38+,39+,40+,41+,42+,43+,44+,45+,46+,47+,48+,49+,50+,51+,52+,53+,54+,55+,56-,57-,58-,59-,60-,61-,62-,63-,64-/m0/s1. The van der Waals surface area contributed by atoms with Crippen LogP contribution in [0.3, 0.4) is 0 Å². The first-order valence-corrected chi connectivity index (χ1v) is 36.0. The van der Waals surface area contributed by atoms with E-state index in [2.05, 4.69) is 10.6 Å². The van der Waals surface area contributed by atoms with Crippen molar-refractivity contribution >= 4 is 11.8 Å². The fraction of sp³-hybridized carbons (Fsp3) is 0.969. The molecule has 24 N–H and O–H groups in total. The minimum atomic E-state index is -2.25. The summed E-state index contributed by atoms with van der Waals surface area (Å²) < 4.78 is 114. The summed E-state index contributed by atoms with van der Waals surface area (Å²) in [5.41, 5.74) is 0. The number of carbonyl (C=O) groups is 2. The Kier molecular flexibility index (Phi) is 30.0. The van der Waals surface area contributed by atoms with E-state index in [-0.39, 0.29) is 0 Å². The van der Waals surface area contributed by atoms with Crippen molar-refractivity contribution in [3.05, 3.63) is 0 Å². The van der Waals surface area contributed by atoms with E-state index in [1.807, 2.05) is 0 Å². The topological polar surface area (TPSA) is 679 Å². The first-order chi connectivity index (χ1) is 51.2. The number of hydrogen-bond donors (Lipinski definition) is 24. The summed E-state index contributed by atoms with van der Waals surface area (Å²) in [5, 5.41) is 253. The summed E-state index contributed by atoms with van der Waals surface area (Å²) in [6.45, 7) is 10.3. The lowest BCUT2D eigenvalue weighted by molar-refractivity contribution is -0.404. The zero-order valence-corrected chi connectivity index (χ0v) is 60.7. The highest BCUT2D eigenvalue weighted by atomic mass is 16.8. The van der Waals surface area contributed by atoms with Crippen LogP contribution in [0.5, 0.6) is 0 Å². The van der Waals surface area contributed by atoms with Crippen molar-refractivity contribution in [3.8, 4) is 0 Å². The van der Waals surface area contributed by atoms with Gasteiger partial charge < -0.3 is 213 Å². The van der Waals surface area contributed by atoms with Gasteiger partial charge in [0, 0.05) is 13.8 Å². The molecular formula is C64H108N2O43. The molecule has 10 fully saturated rings. The van der Waals surface area contributed by atoms with E-state index in [9.17, 15) is 122 Å². The number of aliphatic hydroxyl groups is 22. The van der Waals surface area contributed by atoms with Gasteiger partial charge in [0.25, 0.3) is 0 Å².